The number of halogens is 2. The Kier molecular flexibility index (Phi) is 8.00. The molecule has 7 nitrogen and oxygen atoms in total. The van der Waals surface area contributed by atoms with Crippen LogP contribution in [0.2, 0.25) is 10.0 Å². The Balaban J connectivity index is 1.31. The molecule has 4 rings (SSSR count). The average Bonchev–Trinajstić information content (AvgIpc) is 2.86. The number of carbonyl (C=O) groups is 1. The van der Waals surface area contributed by atoms with E-state index in [1.54, 1.807) is 48.5 Å². The van der Waals surface area contributed by atoms with Gasteiger partial charge in [-0.25, -0.2) is 8.42 Å². The highest BCUT2D eigenvalue weighted by molar-refractivity contribution is 7.92. The molecule has 0 atom stereocenters. The molecule has 184 valence electrons. The normalized spacial score (nSPS) is 10.9. The number of sulfonamides is 1. The Hall–Kier alpha value is -3.72. The largest absolute Gasteiger partial charge is 0.482 e. The Labute approximate surface area is 218 Å². The van der Waals surface area contributed by atoms with Gasteiger partial charge in [0.15, 0.2) is 6.61 Å². The molecule has 0 unspecified atom stereocenters. The molecule has 0 saturated heterocycles. The highest BCUT2D eigenvalue weighted by Crippen LogP contribution is 2.29. The number of rotatable bonds is 9. The minimum atomic E-state index is -3.88. The predicted octanol–water partition coefficient (Wildman–Crippen LogP) is 6.60. The van der Waals surface area contributed by atoms with Gasteiger partial charge in [-0.3, -0.25) is 9.52 Å². The summed E-state index contributed by atoms with van der Waals surface area (Å²) in [6.45, 7) is -0.322. The number of amides is 1. The lowest BCUT2D eigenvalue weighted by Gasteiger charge is -2.12. The van der Waals surface area contributed by atoms with E-state index in [9.17, 15) is 13.2 Å². The molecule has 4 aromatic rings. The van der Waals surface area contributed by atoms with Gasteiger partial charge in [-0.1, -0.05) is 41.4 Å². The lowest BCUT2D eigenvalue weighted by molar-refractivity contribution is -0.118. The van der Waals surface area contributed by atoms with Gasteiger partial charge in [0.25, 0.3) is 15.9 Å². The zero-order chi connectivity index (χ0) is 25.5. The highest BCUT2D eigenvalue weighted by Gasteiger charge is 2.17. The standard InChI is InChI=1S/C26H20Cl2N2O5S/c27-18-6-8-20(9-7-18)30-36(32,33)23-14-15-25(24(28)16-23)34-17-26(31)29-19-10-12-22(13-11-19)35-21-4-2-1-3-5-21/h1-16,30H,17H2,(H,29,31). The van der Waals surface area contributed by atoms with Crippen molar-refractivity contribution < 1.29 is 22.7 Å². The van der Waals surface area contributed by atoms with Gasteiger partial charge in [-0.15, -0.1) is 0 Å². The van der Waals surface area contributed by atoms with E-state index in [1.165, 1.54) is 18.2 Å². The predicted molar refractivity (Wildman–Crippen MR) is 141 cm³/mol. The van der Waals surface area contributed by atoms with E-state index >= 15 is 0 Å². The third-order valence-electron chi connectivity index (χ3n) is 4.79. The molecular formula is C26H20Cl2N2O5S. The van der Waals surface area contributed by atoms with Gasteiger partial charge < -0.3 is 14.8 Å². The van der Waals surface area contributed by atoms with Crippen LogP contribution >= 0.6 is 23.2 Å². The summed E-state index contributed by atoms with van der Waals surface area (Å²) in [7, 11) is -3.88. The van der Waals surface area contributed by atoms with Gasteiger partial charge in [-0.05, 0) is 78.9 Å². The summed E-state index contributed by atoms with van der Waals surface area (Å²) in [6, 6.07) is 26.4. The summed E-state index contributed by atoms with van der Waals surface area (Å²) in [6.07, 6.45) is 0. The quantitative estimate of drug-likeness (QED) is 0.248. The molecule has 0 saturated carbocycles. The zero-order valence-corrected chi connectivity index (χ0v) is 21.0. The van der Waals surface area contributed by atoms with Crippen molar-refractivity contribution in [2.75, 3.05) is 16.6 Å². The first-order chi connectivity index (χ1) is 17.3. The van der Waals surface area contributed by atoms with Crippen LogP contribution in [-0.2, 0) is 14.8 Å². The van der Waals surface area contributed by atoms with E-state index < -0.39 is 15.9 Å². The molecule has 0 bridgehead atoms. The van der Waals surface area contributed by atoms with Gasteiger partial charge in [0.1, 0.15) is 17.2 Å². The molecule has 0 spiro atoms. The summed E-state index contributed by atoms with van der Waals surface area (Å²) < 4.78 is 38.9. The highest BCUT2D eigenvalue weighted by atomic mass is 35.5. The summed E-state index contributed by atoms with van der Waals surface area (Å²) in [4.78, 5) is 12.2. The van der Waals surface area contributed by atoms with Crippen LogP contribution in [0.3, 0.4) is 0 Å². The average molecular weight is 543 g/mol. The first-order valence-corrected chi connectivity index (χ1v) is 12.9. The van der Waals surface area contributed by atoms with Crippen LogP contribution in [0.1, 0.15) is 0 Å². The number of hydrogen-bond donors (Lipinski definition) is 2. The van der Waals surface area contributed by atoms with Crippen LogP contribution in [0.25, 0.3) is 0 Å². The Morgan fingerprint density at radius 1 is 0.778 bits per heavy atom. The summed E-state index contributed by atoms with van der Waals surface area (Å²) in [5.74, 6) is 1.09. The van der Waals surface area contributed by atoms with Crippen LogP contribution in [0.4, 0.5) is 11.4 Å². The zero-order valence-electron chi connectivity index (χ0n) is 18.7. The number of para-hydroxylation sites is 1. The van der Waals surface area contributed by atoms with Crippen molar-refractivity contribution in [1.29, 1.82) is 0 Å². The molecular weight excluding hydrogens is 523 g/mol. The first kappa shape index (κ1) is 25.4. The topological polar surface area (TPSA) is 93.7 Å². The lowest BCUT2D eigenvalue weighted by Crippen LogP contribution is -2.20. The van der Waals surface area contributed by atoms with Crippen molar-refractivity contribution in [3.05, 3.63) is 107 Å². The van der Waals surface area contributed by atoms with Gasteiger partial charge in [0.2, 0.25) is 0 Å². The van der Waals surface area contributed by atoms with E-state index in [4.69, 9.17) is 32.7 Å². The SMILES string of the molecule is O=C(COc1ccc(S(=O)(=O)Nc2ccc(Cl)cc2)cc1Cl)Nc1ccc(Oc2ccccc2)cc1. The number of nitrogens with one attached hydrogen (secondary N) is 2. The number of anilines is 2. The maximum Gasteiger partial charge on any atom is 0.262 e. The third-order valence-corrected chi connectivity index (χ3v) is 6.71. The fourth-order valence-corrected chi connectivity index (χ4v) is 4.58. The second-order valence-corrected chi connectivity index (χ2v) is 10.0. The van der Waals surface area contributed by atoms with Crippen LogP contribution in [0.5, 0.6) is 17.2 Å². The molecule has 0 aliphatic heterocycles. The summed E-state index contributed by atoms with van der Waals surface area (Å²) >= 11 is 12.0. The van der Waals surface area contributed by atoms with Crippen LogP contribution in [0.15, 0.2) is 102 Å². The minimum Gasteiger partial charge on any atom is -0.482 e. The van der Waals surface area contributed by atoms with E-state index in [0.717, 1.165) is 0 Å². The van der Waals surface area contributed by atoms with Crippen LogP contribution in [0, 0.1) is 0 Å². The van der Waals surface area contributed by atoms with E-state index in [2.05, 4.69) is 10.0 Å². The molecule has 0 aliphatic carbocycles. The van der Waals surface area contributed by atoms with Gasteiger partial charge in [0.05, 0.1) is 9.92 Å². The molecule has 4 aromatic carbocycles. The molecule has 0 aromatic heterocycles. The molecule has 10 heteroatoms. The maximum absolute atomic E-state index is 12.6. The molecule has 0 heterocycles. The molecule has 0 aliphatic rings. The summed E-state index contributed by atoms with van der Waals surface area (Å²) in [5, 5.41) is 3.24. The molecule has 1 amide bonds. The second-order valence-electron chi connectivity index (χ2n) is 7.48. The van der Waals surface area contributed by atoms with Crippen molar-refractivity contribution in [2.45, 2.75) is 4.90 Å². The molecule has 0 fully saturated rings. The number of ether oxygens (including phenoxy) is 2. The fraction of sp³-hybridized carbons (Fsp3) is 0.0385. The van der Waals surface area contributed by atoms with Gasteiger partial charge in [-0.2, -0.15) is 0 Å². The smallest absolute Gasteiger partial charge is 0.262 e. The van der Waals surface area contributed by atoms with Crippen LogP contribution in [-0.4, -0.2) is 20.9 Å². The Bertz CT molecular complexity index is 1450. The number of benzene rings is 4. The number of carbonyl (C=O) groups excluding carboxylic acids is 1. The van der Waals surface area contributed by atoms with Crippen LogP contribution < -0.4 is 19.5 Å². The fourth-order valence-electron chi connectivity index (χ4n) is 3.07. The van der Waals surface area contributed by atoms with Gasteiger partial charge >= 0.3 is 0 Å². The molecule has 36 heavy (non-hydrogen) atoms. The third kappa shape index (κ3) is 6.91. The Morgan fingerprint density at radius 2 is 1.42 bits per heavy atom. The number of hydrogen-bond acceptors (Lipinski definition) is 5. The van der Waals surface area contributed by atoms with Gasteiger partial charge in [0, 0.05) is 16.4 Å². The van der Waals surface area contributed by atoms with Crippen molar-refractivity contribution in [1.82, 2.24) is 0 Å². The minimum absolute atomic E-state index is 0.0456. The van der Waals surface area contributed by atoms with E-state index in [1.807, 2.05) is 30.3 Å². The van der Waals surface area contributed by atoms with E-state index in [-0.39, 0.29) is 22.3 Å². The van der Waals surface area contributed by atoms with E-state index in [0.29, 0.717) is 27.9 Å². The molecule has 2 N–H and O–H groups in total. The van der Waals surface area contributed by atoms with Crippen molar-refractivity contribution in [3.63, 3.8) is 0 Å². The maximum atomic E-state index is 12.6. The molecule has 0 radical (unpaired) electrons. The van der Waals surface area contributed by atoms with Crippen molar-refractivity contribution in [3.8, 4) is 17.2 Å². The van der Waals surface area contributed by atoms with Crippen molar-refractivity contribution in [2.24, 2.45) is 0 Å². The monoisotopic (exact) mass is 542 g/mol. The first-order valence-electron chi connectivity index (χ1n) is 10.6. The lowest BCUT2D eigenvalue weighted by atomic mass is 10.3. The second kappa shape index (κ2) is 11.3. The van der Waals surface area contributed by atoms with Crippen molar-refractivity contribution >= 4 is 50.5 Å². The Morgan fingerprint density at radius 3 is 2.08 bits per heavy atom. The summed E-state index contributed by atoms with van der Waals surface area (Å²) in [5.41, 5.74) is 0.914.